The number of hydrogen-bond donors (Lipinski definition) is 0. The van der Waals surface area contributed by atoms with Gasteiger partial charge in [0, 0.05) is 34.7 Å². The first-order valence-electron chi connectivity index (χ1n) is 8.32. The van der Waals surface area contributed by atoms with Crippen molar-refractivity contribution in [2.75, 3.05) is 0 Å². The predicted molar refractivity (Wildman–Crippen MR) is 111 cm³/mol. The van der Waals surface area contributed by atoms with E-state index < -0.39 is 31.3 Å². The molecule has 0 aliphatic rings. The van der Waals surface area contributed by atoms with Gasteiger partial charge in [-0.15, -0.1) is 34.0 Å². The number of halogens is 6. The molecule has 3 aromatic heterocycles. The van der Waals surface area contributed by atoms with E-state index in [0.29, 0.717) is 0 Å². The van der Waals surface area contributed by atoms with Crippen molar-refractivity contribution in [2.45, 2.75) is 30.7 Å². The van der Waals surface area contributed by atoms with E-state index in [1.165, 1.54) is 0 Å². The summed E-state index contributed by atoms with van der Waals surface area (Å²) in [6, 6.07) is 0. The zero-order valence-corrected chi connectivity index (χ0v) is 22.2. The second-order valence-corrected chi connectivity index (χ2v) is 11.4. The van der Waals surface area contributed by atoms with Gasteiger partial charge < -0.3 is 9.11 Å². The van der Waals surface area contributed by atoms with E-state index in [1.807, 2.05) is 34.7 Å². The molecule has 0 aliphatic carbocycles. The van der Waals surface area contributed by atoms with Crippen LogP contribution in [-0.4, -0.2) is 56.8 Å². The van der Waals surface area contributed by atoms with Gasteiger partial charge >= 0.3 is 28.1 Å². The first kappa shape index (κ1) is 34.8. The second-order valence-electron chi connectivity index (χ2n) is 5.72. The van der Waals surface area contributed by atoms with Crippen LogP contribution in [0.3, 0.4) is 0 Å². The van der Waals surface area contributed by atoms with E-state index in [4.69, 9.17) is 25.9 Å². The molecule has 3 heterocycles. The zero-order chi connectivity index (χ0) is 26.9. The largest absolute Gasteiger partial charge is 2.00 e. The summed E-state index contributed by atoms with van der Waals surface area (Å²) in [5, 5.41) is 9.44. The monoisotopic (exact) mass is 662 g/mol. The maximum absolute atomic E-state index is 10.7. The molecule has 0 aromatic carbocycles. The molecule has 0 amide bonds. The fourth-order valence-corrected chi connectivity index (χ4v) is 3.71. The van der Waals surface area contributed by atoms with Crippen molar-refractivity contribution in [1.29, 1.82) is 0 Å². The number of alkyl halides is 6. The normalized spacial score (nSPS) is 12.1. The van der Waals surface area contributed by atoms with E-state index in [-0.39, 0.29) is 17.1 Å². The predicted octanol–water partition coefficient (Wildman–Crippen LogP) is 3.36. The minimum Gasteiger partial charge on any atom is -0.741 e. The van der Waals surface area contributed by atoms with Crippen molar-refractivity contribution in [3.63, 3.8) is 0 Å². The zero-order valence-electron chi connectivity index (χ0n) is 17.0. The summed E-state index contributed by atoms with van der Waals surface area (Å²) in [6.45, 7) is 2.53. The van der Waals surface area contributed by atoms with Crippen molar-refractivity contribution >= 4 is 54.2 Å². The van der Waals surface area contributed by atoms with Crippen LogP contribution in [0.1, 0.15) is 15.0 Å². The molecule has 0 N–H and O–H groups in total. The summed E-state index contributed by atoms with van der Waals surface area (Å²) in [5.41, 5.74) is -11.3. The summed E-state index contributed by atoms with van der Waals surface area (Å²) in [7, 11) is -12.2. The van der Waals surface area contributed by atoms with Gasteiger partial charge in [0.25, 0.3) is 0 Å². The van der Waals surface area contributed by atoms with E-state index in [0.717, 1.165) is 34.7 Å². The van der Waals surface area contributed by atoms with Crippen LogP contribution < -0.4 is 0 Å². The van der Waals surface area contributed by atoms with E-state index in [9.17, 15) is 26.3 Å². The molecule has 0 radical (unpaired) electrons. The molecule has 10 nitrogen and oxygen atoms in total. The summed E-state index contributed by atoms with van der Waals surface area (Å²) in [4.78, 5) is 15.4. The Kier molecular flexibility index (Phi) is 14.1. The smallest absolute Gasteiger partial charge is 0.741 e. The molecule has 0 unspecified atom stereocenters. The van der Waals surface area contributed by atoms with Crippen LogP contribution in [0.25, 0.3) is 0 Å². The minimum atomic E-state index is -6.09. The average molecular weight is 662 g/mol. The molecular weight excluding hydrogens is 650 g/mol. The van der Waals surface area contributed by atoms with Gasteiger partial charge in [-0.2, -0.15) is 26.3 Å². The van der Waals surface area contributed by atoms with Gasteiger partial charge in [0.2, 0.25) is 0 Å². The third-order valence-corrected chi connectivity index (χ3v) is 6.52. The molecule has 204 valence electrons. The number of hydrogen-bond acceptors (Lipinski definition) is 13. The number of rotatable bonds is 6. The molecule has 0 saturated carbocycles. The molecule has 0 bridgehead atoms. The van der Waals surface area contributed by atoms with Gasteiger partial charge in [-0.25, -0.2) is 31.8 Å². The molecule has 0 aliphatic heterocycles. The van der Waals surface area contributed by atoms with Crippen LogP contribution in [0.4, 0.5) is 26.3 Å². The summed E-state index contributed by atoms with van der Waals surface area (Å²) < 4.78 is 118. The van der Waals surface area contributed by atoms with Crippen molar-refractivity contribution in [1.82, 2.24) is 19.9 Å². The number of aromatic nitrogens is 3. The molecule has 3 rings (SSSR count). The Morgan fingerprint density at radius 3 is 1.03 bits per heavy atom. The van der Waals surface area contributed by atoms with Crippen LogP contribution in [-0.2, 0) is 56.9 Å². The Bertz CT molecular complexity index is 1080. The fraction of sp³-hybridized carbons (Fsp3) is 0.357. The standard InChI is InChI=1S/C12H12N4S3.2CHF3O3S.Fe/c1-4-17-10(13-1)7-16(8-11-14-2-5-18-11)9-12-15-3-6-19-12;2*2-1(3,4)8(5,6)7;/h1-6H,7-9H2;2*(H,5,6,7);/q;;;+2/p-2. The van der Waals surface area contributed by atoms with Crippen molar-refractivity contribution in [3.05, 3.63) is 49.8 Å². The van der Waals surface area contributed by atoms with Gasteiger partial charge in [-0.3, -0.25) is 4.90 Å². The molecule has 0 fully saturated rings. The van der Waals surface area contributed by atoms with Crippen LogP contribution >= 0.6 is 34.0 Å². The Labute approximate surface area is 223 Å². The number of nitrogens with zero attached hydrogens (tertiary/aromatic N) is 4. The molecule has 3 aromatic rings. The minimum absolute atomic E-state index is 0. The maximum Gasteiger partial charge on any atom is 2.00 e. The molecule has 36 heavy (non-hydrogen) atoms. The molecule has 0 saturated heterocycles. The Balaban J connectivity index is 0.000000607. The van der Waals surface area contributed by atoms with Gasteiger partial charge in [0.1, 0.15) is 15.0 Å². The van der Waals surface area contributed by atoms with Gasteiger partial charge in [-0.1, -0.05) is 0 Å². The molecule has 0 atom stereocenters. The Hall–Kier alpha value is -1.23. The second kappa shape index (κ2) is 14.6. The fourth-order valence-electron chi connectivity index (χ4n) is 1.73. The van der Waals surface area contributed by atoms with Gasteiger partial charge in [-0.05, 0) is 0 Å². The van der Waals surface area contributed by atoms with Gasteiger partial charge in [0.05, 0.1) is 19.6 Å². The summed E-state index contributed by atoms with van der Waals surface area (Å²) >= 11 is 5.07. The Morgan fingerprint density at radius 2 is 0.889 bits per heavy atom. The SMILES string of the molecule is O=S(=O)([O-])C(F)(F)F.O=S(=O)([O-])C(F)(F)F.[Fe+2].c1csc(CN(Cc2nccs2)Cc2nccs2)n1. The third kappa shape index (κ3) is 13.4. The molecule has 22 heteroatoms. The van der Waals surface area contributed by atoms with Gasteiger partial charge in [0.15, 0.2) is 20.2 Å². The molecular formula is C14H12F6FeN4O6S5. The van der Waals surface area contributed by atoms with E-state index >= 15 is 0 Å². The van der Waals surface area contributed by atoms with E-state index in [1.54, 1.807) is 34.0 Å². The first-order valence-corrected chi connectivity index (χ1v) is 13.8. The average Bonchev–Trinajstić information content (AvgIpc) is 3.43. The molecule has 0 spiro atoms. The topological polar surface area (TPSA) is 156 Å². The van der Waals surface area contributed by atoms with E-state index in [2.05, 4.69) is 19.9 Å². The van der Waals surface area contributed by atoms with Crippen LogP contribution in [0.2, 0.25) is 0 Å². The Morgan fingerprint density at radius 1 is 0.667 bits per heavy atom. The quantitative estimate of drug-likeness (QED) is 0.166. The number of thiazole rings is 3. The summed E-state index contributed by atoms with van der Waals surface area (Å²) in [6.07, 6.45) is 5.56. The first-order chi connectivity index (χ1) is 15.9. The van der Waals surface area contributed by atoms with Crippen molar-refractivity contribution in [3.8, 4) is 0 Å². The third-order valence-electron chi connectivity index (χ3n) is 3.09. The van der Waals surface area contributed by atoms with Crippen LogP contribution in [0.15, 0.2) is 34.7 Å². The summed E-state index contributed by atoms with van der Waals surface area (Å²) in [5.74, 6) is 0. The van der Waals surface area contributed by atoms with Crippen molar-refractivity contribution < 1.29 is 69.4 Å². The maximum atomic E-state index is 10.7. The van der Waals surface area contributed by atoms with Crippen molar-refractivity contribution in [2.24, 2.45) is 0 Å². The van der Waals surface area contributed by atoms with Crippen LogP contribution in [0.5, 0.6) is 0 Å². The van der Waals surface area contributed by atoms with Crippen LogP contribution in [0, 0.1) is 0 Å².